The van der Waals surface area contributed by atoms with Gasteiger partial charge in [-0.05, 0) is 24.3 Å². The highest BCUT2D eigenvalue weighted by Crippen LogP contribution is 2.31. The Bertz CT molecular complexity index is 632. The highest BCUT2D eigenvalue weighted by molar-refractivity contribution is 6.73. The summed E-state index contributed by atoms with van der Waals surface area (Å²) in [6, 6.07) is 10.3. The zero-order valence-corrected chi connectivity index (χ0v) is 10.0. The zero-order chi connectivity index (χ0) is 14.8. The number of halogens is 3. The highest BCUT2D eigenvalue weighted by Gasteiger charge is 2.29. The summed E-state index contributed by atoms with van der Waals surface area (Å²) in [6.07, 6.45) is 0. The molecule has 0 N–H and O–H groups in total. The monoisotopic (exact) mass is 282 g/mol. The van der Waals surface area contributed by atoms with Crippen molar-refractivity contribution in [3.8, 4) is 11.5 Å². The van der Waals surface area contributed by atoms with Crippen LogP contribution >= 0.6 is 0 Å². The minimum absolute atomic E-state index is 0.231. The van der Waals surface area contributed by atoms with Crippen molar-refractivity contribution in [3.63, 3.8) is 0 Å². The predicted molar refractivity (Wildman–Crippen MR) is 68.3 cm³/mol. The molecule has 2 aromatic carbocycles. The van der Waals surface area contributed by atoms with Gasteiger partial charge in [0.15, 0.2) is 0 Å². The van der Waals surface area contributed by atoms with Crippen molar-refractivity contribution in [2.45, 2.75) is 0 Å². The summed E-state index contributed by atoms with van der Waals surface area (Å²) in [7, 11) is 0. The van der Waals surface area contributed by atoms with Gasteiger partial charge in [0.05, 0.1) is 4.92 Å². The number of nitro benzene ring substituents is 1. The van der Waals surface area contributed by atoms with Gasteiger partial charge >= 0.3 is 12.7 Å². The van der Waals surface area contributed by atoms with Gasteiger partial charge in [0.25, 0.3) is 0 Å². The highest BCUT2D eigenvalue weighted by atomic mass is 19.4. The minimum Gasteiger partial charge on any atom is -0.450 e. The zero-order valence-electron chi connectivity index (χ0n) is 10.0. The van der Waals surface area contributed by atoms with E-state index >= 15 is 0 Å². The van der Waals surface area contributed by atoms with Crippen molar-refractivity contribution in [2.24, 2.45) is 0 Å². The summed E-state index contributed by atoms with van der Waals surface area (Å²) in [5.74, 6) is 0.0749. The molecule has 104 valence electrons. The first-order valence-electron chi connectivity index (χ1n) is 5.59. The molecule has 20 heavy (non-hydrogen) atoms. The fourth-order valence-electron chi connectivity index (χ4n) is 1.58. The second-order valence-corrected chi connectivity index (χ2v) is 3.97. The number of para-hydroxylation sites is 1. The Balaban J connectivity index is 2.41. The summed E-state index contributed by atoms with van der Waals surface area (Å²) >= 11 is 0. The van der Waals surface area contributed by atoms with Crippen LogP contribution in [0.5, 0.6) is 11.5 Å². The van der Waals surface area contributed by atoms with E-state index in [-0.39, 0.29) is 5.75 Å². The van der Waals surface area contributed by atoms with E-state index in [1.165, 1.54) is 0 Å². The number of nitrogens with zero attached hydrogens (tertiary/aromatic N) is 1. The summed E-state index contributed by atoms with van der Waals surface area (Å²) < 4.78 is 43.0. The van der Waals surface area contributed by atoms with E-state index in [9.17, 15) is 23.1 Å². The van der Waals surface area contributed by atoms with E-state index in [1.54, 1.807) is 30.3 Å². The van der Waals surface area contributed by atoms with Crippen molar-refractivity contribution in [3.05, 3.63) is 58.6 Å². The lowest BCUT2D eigenvalue weighted by Crippen LogP contribution is -2.33. The predicted octanol–water partition coefficient (Wildman–Crippen LogP) is 3.44. The van der Waals surface area contributed by atoms with Crippen molar-refractivity contribution in [1.29, 1.82) is 0 Å². The molecule has 0 bridgehead atoms. The number of rotatable bonds is 4. The average Bonchev–Trinajstić information content (AvgIpc) is 2.38. The van der Waals surface area contributed by atoms with Crippen molar-refractivity contribution < 1.29 is 22.6 Å². The molecular formula is C12H8BF3NO3-. The maximum atomic E-state index is 12.6. The standard InChI is InChI=1S/C12H8BF3NO3/c14-13(15,16)9-6-7-12(11(8-9)17(18)19)20-10-4-2-1-3-5-10/h1-8H/q-1. The smallest absolute Gasteiger partial charge is 0.450 e. The van der Waals surface area contributed by atoms with Crippen LogP contribution in [0.25, 0.3) is 0 Å². The van der Waals surface area contributed by atoms with Crippen LogP contribution in [0.3, 0.4) is 0 Å². The number of hydrogen-bond donors (Lipinski definition) is 0. The molecule has 0 unspecified atom stereocenters. The van der Waals surface area contributed by atoms with Crippen LogP contribution in [0.15, 0.2) is 48.5 Å². The van der Waals surface area contributed by atoms with Crippen molar-refractivity contribution in [2.75, 3.05) is 0 Å². The van der Waals surface area contributed by atoms with E-state index in [0.29, 0.717) is 11.8 Å². The quantitative estimate of drug-likeness (QED) is 0.490. The molecule has 0 aliphatic carbocycles. The van der Waals surface area contributed by atoms with Gasteiger partial charge in [0.1, 0.15) is 5.75 Å². The first-order valence-corrected chi connectivity index (χ1v) is 5.59. The molecule has 2 aromatic rings. The van der Waals surface area contributed by atoms with Gasteiger partial charge in [0, 0.05) is 0 Å². The molecule has 0 amide bonds. The maximum absolute atomic E-state index is 12.6. The van der Waals surface area contributed by atoms with E-state index in [2.05, 4.69) is 0 Å². The number of benzene rings is 2. The number of nitro groups is 1. The number of hydrogen-bond acceptors (Lipinski definition) is 3. The van der Waals surface area contributed by atoms with Gasteiger partial charge in [-0.15, -0.1) is 5.46 Å². The summed E-state index contributed by atoms with van der Waals surface area (Å²) in [4.78, 5) is 9.96. The fraction of sp³-hybridized carbons (Fsp3) is 0. The van der Waals surface area contributed by atoms with Gasteiger partial charge in [-0.1, -0.05) is 24.3 Å². The molecule has 0 radical (unpaired) electrons. The second kappa shape index (κ2) is 5.24. The Morgan fingerprint density at radius 2 is 1.70 bits per heavy atom. The minimum atomic E-state index is -5.29. The van der Waals surface area contributed by atoms with Crippen LogP contribution in [0.4, 0.5) is 18.6 Å². The van der Waals surface area contributed by atoms with Gasteiger partial charge < -0.3 is 17.7 Å². The Morgan fingerprint density at radius 1 is 1.05 bits per heavy atom. The van der Waals surface area contributed by atoms with Crippen molar-refractivity contribution in [1.82, 2.24) is 0 Å². The number of ether oxygens (including phenoxy) is 1. The molecule has 0 aliphatic rings. The molecular weight excluding hydrogens is 274 g/mol. The Labute approximate surface area is 112 Å². The average molecular weight is 282 g/mol. The molecule has 0 saturated carbocycles. The topological polar surface area (TPSA) is 52.4 Å². The van der Waals surface area contributed by atoms with Gasteiger partial charge in [-0.25, -0.2) is 0 Å². The lowest BCUT2D eigenvalue weighted by atomic mass is 9.80. The molecule has 0 fully saturated rings. The normalized spacial score (nSPS) is 11.2. The van der Waals surface area contributed by atoms with Crippen LogP contribution in [0.1, 0.15) is 0 Å². The molecule has 0 aromatic heterocycles. The molecule has 8 heteroatoms. The van der Waals surface area contributed by atoms with E-state index in [1.807, 2.05) is 0 Å². The third kappa shape index (κ3) is 3.08. The third-order valence-corrected chi connectivity index (χ3v) is 2.53. The van der Waals surface area contributed by atoms with Crippen LogP contribution < -0.4 is 10.2 Å². The second-order valence-electron chi connectivity index (χ2n) is 3.97. The molecule has 0 atom stereocenters. The Hall–Kier alpha value is -2.51. The molecule has 0 heterocycles. The first kappa shape index (κ1) is 13.9. The molecule has 0 spiro atoms. The SMILES string of the molecule is O=[N+]([O-])c1cc([B-](F)(F)F)ccc1Oc1ccccc1. The summed E-state index contributed by atoms with van der Waals surface area (Å²) in [6.45, 7) is -5.29. The lowest BCUT2D eigenvalue weighted by molar-refractivity contribution is -0.385. The Morgan fingerprint density at radius 3 is 2.25 bits per heavy atom. The molecule has 4 nitrogen and oxygen atoms in total. The maximum Gasteiger partial charge on any atom is 0.509 e. The third-order valence-electron chi connectivity index (χ3n) is 2.53. The lowest BCUT2D eigenvalue weighted by Gasteiger charge is -2.15. The van der Waals surface area contributed by atoms with E-state index in [4.69, 9.17) is 4.74 Å². The largest absolute Gasteiger partial charge is 0.509 e. The first-order chi connectivity index (χ1) is 9.38. The summed E-state index contributed by atoms with van der Waals surface area (Å²) in [5, 5.41) is 10.9. The van der Waals surface area contributed by atoms with Gasteiger partial charge in [-0.2, -0.15) is 0 Å². The van der Waals surface area contributed by atoms with Crippen LogP contribution in [0.2, 0.25) is 0 Å². The Kier molecular flexibility index (Phi) is 3.65. The molecule has 2 rings (SSSR count). The molecule has 0 saturated heterocycles. The van der Waals surface area contributed by atoms with Crippen LogP contribution in [-0.2, 0) is 0 Å². The summed E-state index contributed by atoms with van der Waals surface area (Å²) in [5.41, 5.74) is -1.75. The van der Waals surface area contributed by atoms with Crippen LogP contribution in [0, 0.1) is 10.1 Å². The molecule has 0 aliphatic heterocycles. The van der Waals surface area contributed by atoms with Gasteiger partial charge in [0.2, 0.25) is 5.75 Å². The van der Waals surface area contributed by atoms with Gasteiger partial charge in [-0.3, -0.25) is 10.1 Å². The van der Waals surface area contributed by atoms with E-state index < -0.39 is 23.1 Å². The van der Waals surface area contributed by atoms with Crippen molar-refractivity contribution >= 4 is 18.1 Å². The van der Waals surface area contributed by atoms with E-state index in [0.717, 1.165) is 12.1 Å². The van der Waals surface area contributed by atoms with Crippen LogP contribution in [-0.4, -0.2) is 11.9 Å². The fourth-order valence-corrected chi connectivity index (χ4v) is 1.58.